The maximum atomic E-state index is 12.8. The Morgan fingerprint density at radius 3 is 2.38 bits per heavy atom. The van der Waals surface area contributed by atoms with Gasteiger partial charge in [0.15, 0.2) is 0 Å². The molecule has 0 atom stereocenters. The second-order valence-electron chi connectivity index (χ2n) is 6.16. The van der Waals surface area contributed by atoms with Crippen LogP contribution in [0, 0.1) is 18.2 Å². The second kappa shape index (κ2) is 10.7. The number of rotatable bonds is 2. The molecule has 0 aliphatic rings. The molecular formula is C19H18FKN3O2-. The molecule has 2 aromatic heterocycles. The average molecular weight is 378 g/mol. The molecule has 130 valence electrons. The smallest absolute Gasteiger partial charge is 0.470 e. The van der Waals surface area contributed by atoms with Crippen molar-refractivity contribution in [2.24, 2.45) is 0 Å². The molecule has 5 nitrogen and oxygen atoms in total. The normalized spacial score (nSPS) is 10.2. The number of hydrogen-bond acceptors (Lipinski definition) is 4. The molecule has 0 bridgehead atoms. The monoisotopic (exact) mass is 378 g/mol. The standard InChI is InChI=1S/C12H8FN2O.C7H10NO.K/c13-11-8-4-7-10(15-11)12(16)14-9-5-2-1-3-6-9;1-7(2,3)6-4-5-8-9-6;/h2-8H,(H,14,16);4H,1-3H3;/q2*-1;+1. The largest absolute Gasteiger partial charge is 1.00 e. The van der Waals surface area contributed by atoms with Gasteiger partial charge < -0.3 is 9.84 Å². The van der Waals surface area contributed by atoms with Gasteiger partial charge in [-0.2, -0.15) is 28.7 Å². The first-order valence-corrected chi connectivity index (χ1v) is 7.59. The first-order valence-electron chi connectivity index (χ1n) is 7.59. The predicted octanol–water partition coefficient (Wildman–Crippen LogP) is 1.05. The molecule has 3 aromatic rings. The van der Waals surface area contributed by atoms with Gasteiger partial charge in [-0.3, -0.25) is 4.79 Å². The third-order valence-electron chi connectivity index (χ3n) is 3.06. The van der Waals surface area contributed by atoms with Crippen LogP contribution in [0.4, 0.5) is 10.1 Å². The number of pyridine rings is 1. The third kappa shape index (κ3) is 7.47. The van der Waals surface area contributed by atoms with Gasteiger partial charge in [0, 0.05) is 0 Å². The first kappa shape index (κ1) is 22.7. The Morgan fingerprint density at radius 2 is 1.88 bits per heavy atom. The number of aromatic nitrogens is 2. The van der Waals surface area contributed by atoms with E-state index in [0.717, 1.165) is 5.76 Å². The Kier molecular flexibility index (Phi) is 9.32. The minimum atomic E-state index is -0.672. The molecule has 1 aromatic carbocycles. The van der Waals surface area contributed by atoms with E-state index in [-0.39, 0.29) is 62.5 Å². The van der Waals surface area contributed by atoms with Crippen LogP contribution < -0.4 is 56.7 Å². The van der Waals surface area contributed by atoms with Crippen LogP contribution >= 0.6 is 0 Å². The fourth-order valence-electron chi connectivity index (χ4n) is 1.74. The fraction of sp³-hybridized carbons (Fsp3) is 0.211. The summed E-state index contributed by atoms with van der Waals surface area (Å²) >= 11 is 0. The summed E-state index contributed by atoms with van der Waals surface area (Å²) in [4.78, 5) is 15.1. The van der Waals surface area contributed by atoms with E-state index in [2.05, 4.69) is 48.5 Å². The van der Waals surface area contributed by atoms with Gasteiger partial charge in [-0.05, 0) is 23.3 Å². The predicted molar refractivity (Wildman–Crippen MR) is 91.5 cm³/mol. The zero-order chi connectivity index (χ0) is 18.3. The van der Waals surface area contributed by atoms with Gasteiger partial charge in [-0.1, -0.05) is 32.5 Å². The van der Waals surface area contributed by atoms with Crippen molar-refractivity contribution in [2.75, 3.05) is 5.32 Å². The number of hydrogen-bond donors (Lipinski definition) is 1. The SMILES string of the molecule is CC(C)(C)c1c[c-]no1.O=C(Nc1cc[c-]cc1)c1cccc(F)n1.[K+]. The van der Waals surface area contributed by atoms with Crippen molar-refractivity contribution in [1.82, 2.24) is 10.1 Å². The Morgan fingerprint density at radius 1 is 1.19 bits per heavy atom. The number of amides is 1. The van der Waals surface area contributed by atoms with E-state index in [9.17, 15) is 9.18 Å². The molecule has 0 unspecified atom stereocenters. The summed E-state index contributed by atoms with van der Waals surface area (Å²) in [6, 6.07) is 15.4. The van der Waals surface area contributed by atoms with Crippen molar-refractivity contribution in [1.29, 1.82) is 0 Å². The van der Waals surface area contributed by atoms with E-state index in [0.29, 0.717) is 5.69 Å². The minimum absolute atomic E-state index is 0. The van der Waals surface area contributed by atoms with Crippen LogP contribution in [-0.2, 0) is 5.41 Å². The van der Waals surface area contributed by atoms with E-state index in [1.165, 1.54) is 18.2 Å². The topological polar surface area (TPSA) is 68.0 Å². The van der Waals surface area contributed by atoms with Crippen LogP contribution in [-0.4, -0.2) is 16.0 Å². The van der Waals surface area contributed by atoms with Crippen LogP contribution in [0.15, 0.2) is 53.1 Å². The van der Waals surface area contributed by atoms with Crippen LogP contribution in [0.2, 0.25) is 0 Å². The van der Waals surface area contributed by atoms with E-state index >= 15 is 0 Å². The van der Waals surface area contributed by atoms with Crippen molar-refractivity contribution in [3.8, 4) is 0 Å². The van der Waals surface area contributed by atoms with Crippen molar-refractivity contribution in [3.63, 3.8) is 0 Å². The molecule has 1 amide bonds. The zero-order valence-corrected chi connectivity index (χ0v) is 18.3. The number of nitrogens with zero attached hydrogens (tertiary/aromatic N) is 2. The molecule has 3 rings (SSSR count). The zero-order valence-electron chi connectivity index (χ0n) is 15.2. The molecule has 2 heterocycles. The first-order chi connectivity index (χ1) is 11.9. The molecule has 0 fully saturated rings. The van der Waals surface area contributed by atoms with Gasteiger partial charge in [0.25, 0.3) is 5.91 Å². The molecule has 0 aliphatic heterocycles. The van der Waals surface area contributed by atoms with Crippen LogP contribution in [0.1, 0.15) is 37.0 Å². The molecule has 1 N–H and O–H groups in total. The van der Waals surface area contributed by atoms with Crippen molar-refractivity contribution >= 4 is 11.6 Å². The van der Waals surface area contributed by atoms with Gasteiger partial charge in [0.2, 0.25) is 5.95 Å². The molecule has 0 aliphatic carbocycles. The maximum Gasteiger partial charge on any atom is 1.00 e. The average Bonchev–Trinajstić information content (AvgIpc) is 3.11. The number of benzene rings is 1. The van der Waals surface area contributed by atoms with Crippen molar-refractivity contribution < 1.29 is 65.1 Å². The Bertz CT molecular complexity index is 803. The number of nitrogens with one attached hydrogen (secondary N) is 1. The maximum absolute atomic E-state index is 12.8. The van der Waals surface area contributed by atoms with Crippen molar-refractivity contribution in [2.45, 2.75) is 26.2 Å². The molecule has 26 heavy (non-hydrogen) atoms. The van der Waals surface area contributed by atoms with E-state index in [1.54, 1.807) is 30.3 Å². The van der Waals surface area contributed by atoms with Crippen LogP contribution in [0.25, 0.3) is 0 Å². The molecular weight excluding hydrogens is 360 g/mol. The molecule has 0 radical (unpaired) electrons. The number of carbonyl (C=O) groups excluding carboxylic acids is 1. The van der Waals surface area contributed by atoms with Crippen molar-refractivity contribution in [3.05, 3.63) is 78.2 Å². The molecule has 0 spiro atoms. The summed E-state index contributed by atoms with van der Waals surface area (Å²) in [5.41, 5.74) is 0.732. The number of halogens is 1. The van der Waals surface area contributed by atoms with Gasteiger partial charge in [0.1, 0.15) is 5.69 Å². The third-order valence-corrected chi connectivity index (χ3v) is 3.06. The summed E-state index contributed by atoms with van der Waals surface area (Å²) < 4.78 is 17.7. The van der Waals surface area contributed by atoms with Gasteiger partial charge in [0.05, 0.1) is 0 Å². The molecule has 0 saturated carbocycles. The summed E-state index contributed by atoms with van der Waals surface area (Å²) in [5.74, 6) is -0.234. The van der Waals surface area contributed by atoms with Crippen LogP contribution in [0.5, 0.6) is 0 Å². The van der Waals surface area contributed by atoms with Gasteiger partial charge in [-0.25, -0.2) is 10.1 Å². The molecule has 7 heteroatoms. The summed E-state index contributed by atoms with van der Waals surface area (Å²) in [7, 11) is 0. The second-order valence-corrected chi connectivity index (χ2v) is 6.16. The Hall–Kier alpha value is -1.38. The molecule has 0 saturated heterocycles. The Balaban J connectivity index is 0.000000290. The quantitative estimate of drug-likeness (QED) is 0.411. The van der Waals surface area contributed by atoms with E-state index in [1.807, 2.05) is 0 Å². The fourth-order valence-corrected chi connectivity index (χ4v) is 1.74. The van der Waals surface area contributed by atoms with Crippen LogP contribution in [0.3, 0.4) is 0 Å². The number of anilines is 1. The summed E-state index contributed by atoms with van der Waals surface area (Å²) in [5, 5.41) is 6.09. The van der Waals surface area contributed by atoms with E-state index < -0.39 is 11.9 Å². The summed E-state index contributed by atoms with van der Waals surface area (Å²) in [6.45, 7) is 6.21. The summed E-state index contributed by atoms with van der Waals surface area (Å²) in [6.07, 6.45) is 2.62. The minimum Gasteiger partial charge on any atom is -0.470 e. The Labute approximate surface area is 194 Å². The number of carbonyl (C=O) groups is 1. The van der Waals surface area contributed by atoms with Gasteiger partial charge in [-0.15, -0.1) is 18.3 Å². The van der Waals surface area contributed by atoms with Gasteiger partial charge >= 0.3 is 51.4 Å². The van der Waals surface area contributed by atoms with E-state index in [4.69, 9.17) is 4.52 Å².